The highest BCUT2D eigenvalue weighted by Gasteiger charge is 2.74. The maximum Gasteiger partial charge on any atom is 0.250 e. The lowest BCUT2D eigenvalue weighted by Gasteiger charge is -2.36. The van der Waals surface area contributed by atoms with Crippen molar-refractivity contribution in [1.82, 2.24) is 4.90 Å². The Balaban J connectivity index is 1.56. The topological polar surface area (TPSA) is 69.7 Å². The molecule has 2 aromatic rings. The van der Waals surface area contributed by atoms with Gasteiger partial charge in [-0.05, 0) is 43.7 Å². The van der Waals surface area contributed by atoms with E-state index < -0.39 is 29.1 Å². The lowest BCUT2D eigenvalue weighted by molar-refractivity contribution is -0.135. The first kappa shape index (κ1) is 16.9. The van der Waals surface area contributed by atoms with Crippen LogP contribution in [0.2, 0.25) is 0 Å². The molecule has 0 saturated carbocycles. The summed E-state index contributed by atoms with van der Waals surface area (Å²) < 4.78 is 13.8. The Morgan fingerprint density at radius 3 is 2.69 bits per heavy atom. The highest BCUT2D eigenvalue weighted by Crippen LogP contribution is 2.60. The monoisotopic (exact) mass is 391 g/mol. The zero-order valence-corrected chi connectivity index (χ0v) is 15.5. The summed E-state index contributed by atoms with van der Waals surface area (Å²) >= 11 is 0. The maximum atomic E-state index is 13.8. The summed E-state index contributed by atoms with van der Waals surface area (Å²) in [5, 5.41) is 2.93. The predicted octanol–water partition coefficient (Wildman–Crippen LogP) is 2.26. The van der Waals surface area contributed by atoms with Gasteiger partial charge in [-0.2, -0.15) is 0 Å². The Morgan fingerprint density at radius 1 is 1.03 bits per heavy atom. The first-order valence-electron chi connectivity index (χ1n) is 9.86. The highest BCUT2D eigenvalue weighted by molar-refractivity contribution is 6.25. The Labute approximate surface area is 166 Å². The van der Waals surface area contributed by atoms with Gasteiger partial charge in [0.2, 0.25) is 17.7 Å². The lowest BCUT2D eigenvalue weighted by atomic mass is 9.75. The number of halogens is 1. The molecule has 1 N–H and O–H groups in total. The fraction of sp³-hybridized carbons (Fsp3) is 0.318. The van der Waals surface area contributed by atoms with Crippen LogP contribution in [0.15, 0.2) is 48.5 Å². The third-order valence-electron chi connectivity index (χ3n) is 6.97. The molecule has 7 heteroatoms. The first-order chi connectivity index (χ1) is 14.0. The average Bonchev–Trinajstić information content (AvgIpc) is 3.40. The van der Waals surface area contributed by atoms with Crippen LogP contribution in [0.4, 0.5) is 15.8 Å². The number of hydrogen-bond donors (Lipinski definition) is 1. The largest absolute Gasteiger partial charge is 0.324 e. The Morgan fingerprint density at radius 2 is 1.86 bits per heavy atom. The second-order valence-corrected chi connectivity index (χ2v) is 8.16. The number of para-hydroxylation sites is 1. The summed E-state index contributed by atoms with van der Waals surface area (Å²) in [4.78, 5) is 43.6. The molecule has 0 bridgehead atoms. The molecule has 2 aromatic carbocycles. The van der Waals surface area contributed by atoms with Crippen molar-refractivity contribution in [2.45, 2.75) is 24.4 Å². The fourth-order valence-electron chi connectivity index (χ4n) is 6.03. The summed E-state index contributed by atoms with van der Waals surface area (Å²) in [6.45, 7) is 0.667. The molecule has 0 aliphatic carbocycles. The zero-order chi connectivity index (χ0) is 19.9. The Kier molecular flexibility index (Phi) is 3.20. The van der Waals surface area contributed by atoms with Crippen LogP contribution in [0.5, 0.6) is 0 Å². The molecule has 3 fully saturated rings. The average molecular weight is 391 g/mol. The summed E-state index contributed by atoms with van der Waals surface area (Å²) in [6, 6.07) is 12.7. The van der Waals surface area contributed by atoms with Crippen molar-refractivity contribution in [2.24, 2.45) is 11.8 Å². The molecule has 146 valence electrons. The molecule has 3 amide bonds. The molecular formula is C22H18FN3O3. The summed E-state index contributed by atoms with van der Waals surface area (Å²) in [7, 11) is 0. The van der Waals surface area contributed by atoms with Gasteiger partial charge >= 0.3 is 0 Å². The van der Waals surface area contributed by atoms with Crippen LogP contribution in [0, 0.1) is 17.7 Å². The number of rotatable bonds is 1. The number of amides is 3. The minimum absolute atomic E-state index is 0.174. The van der Waals surface area contributed by atoms with Crippen molar-refractivity contribution in [3.8, 4) is 0 Å². The van der Waals surface area contributed by atoms with E-state index in [0.29, 0.717) is 12.2 Å². The molecule has 29 heavy (non-hydrogen) atoms. The Bertz CT molecular complexity index is 1100. The van der Waals surface area contributed by atoms with Crippen LogP contribution < -0.4 is 10.2 Å². The van der Waals surface area contributed by atoms with Crippen LogP contribution in [0.25, 0.3) is 0 Å². The number of nitrogens with one attached hydrogen (secondary N) is 1. The van der Waals surface area contributed by atoms with Gasteiger partial charge in [0.05, 0.1) is 17.5 Å². The van der Waals surface area contributed by atoms with Crippen LogP contribution in [0.1, 0.15) is 18.4 Å². The number of carbonyl (C=O) groups excluding carboxylic acids is 3. The molecule has 3 saturated heterocycles. The van der Waals surface area contributed by atoms with Crippen molar-refractivity contribution in [3.05, 3.63) is 59.9 Å². The number of nitrogens with zero attached hydrogens (tertiary/aromatic N) is 2. The standard InChI is InChI=1S/C22H18FN3O3/c23-12-5-3-6-13(11-12)26-19(27)17-16-9-4-10-25(16)22(18(17)20(26)28)14-7-1-2-8-15(14)24-21(22)29/h1-3,5-8,11,16-18H,4,9-10H2,(H,24,29)/t16-,17-,18-,22+/m1/s1. The quantitative estimate of drug-likeness (QED) is 0.757. The molecule has 4 aliphatic heterocycles. The number of carbonyl (C=O) groups is 3. The van der Waals surface area contributed by atoms with Crippen LogP contribution in [-0.2, 0) is 19.9 Å². The van der Waals surface area contributed by atoms with Crippen LogP contribution in [0.3, 0.4) is 0 Å². The maximum absolute atomic E-state index is 13.8. The number of anilines is 2. The second kappa shape index (κ2) is 5.51. The molecule has 4 atom stereocenters. The van der Waals surface area contributed by atoms with Gasteiger partial charge in [-0.15, -0.1) is 0 Å². The molecule has 6 nitrogen and oxygen atoms in total. The summed E-state index contributed by atoms with van der Waals surface area (Å²) in [5.41, 5.74) is 0.484. The van der Waals surface area contributed by atoms with E-state index in [1.54, 1.807) is 6.07 Å². The number of imide groups is 1. The van der Waals surface area contributed by atoms with Crippen molar-refractivity contribution < 1.29 is 18.8 Å². The van der Waals surface area contributed by atoms with Gasteiger partial charge in [0.1, 0.15) is 11.4 Å². The molecule has 0 aromatic heterocycles. The van der Waals surface area contributed by atoms with Gasteiger partial charge in [0.25, 0.3) is 0 Å². The lowest BCUT2D eigenvalue weighted by Crippen LogP contribution is -2.54. The molecule has 4 aliphatic rings. The van der Waals surface area contributed by atoms with Gasteiger partial charge in [0, 0.05) is 17.3 Å². The van der Waals surface area contributed by atoms with Crippen molar-refractivity contribution in [1.29, 1.82) is 0 Å². The summed E-state index contributed by atoms with van der Waals surface area (Å²) in [5.74, 6) is -2.94. The van der Waals surface area contributed by atoms with Crippen LogP contribution >= 0.6 is 0 Å². The number of fused-ring (bicyclic) bond motifs is 7. The van der Waals surface area contributed by atoms with E-state index in [9.17, 15) is 18.8 Å². The molecule has 0 radical (unpaired) electrons. The number of hydrogen-bond acceptors (Lipinski definition) is 4. The predicted molar refractivity (Wildman–Crippen MR) is 102 cm³/mol. The molecule has 0 unspecified atom stereocenters. The minimum Gasteiger partial charge on any atom is -0.324 e. The van der Waals surface area contributed by atoms with E-state index in [0.717, 1.165) is 23.3 Å². The van der Waals surface area contributed by atoms with E-state index in [2.05, 4.69) is 10.2 Å². The van der Waals surface area contributed by atoms with E-state index in [4.69, 9.17) is 0 Å². The highest BCUT2D eigenvalue weighted by atomic mass is 19.1. The number of benzene rings is 2. The molecule has 6 rings (SSSR count). The van der Waals surface area contributed by atoms with Crippen molar-refractivity contribution in [2.75, 3.05) is 16.8 Å². The third kappa shape index (κ3) is 1.86. The van der Waals surface area contributed by atoms with Gasteiger partial charge in [-0.1, -0.05) is 24.3 Å². The molecule has 4 heterocycles. The van der Waals surface area contributed by atoms with Gasteiger partial charge in [-0.3, -0.25) is 19.3 Å². The zero-order valence-electron chi connectivity index (χ0n) is 15.5. The smallest absolute Gasteiger partial charge is 0.250 e. The fourth-order valence-corrected chi connectivity index (χ4v) is 6.03. The Hall–Kier alpha value is -3.06. The summed E-state index contributed by atoms with van der Waals surface area (Å²) in [6.07, 6.45) is 1.63. The van der Waals surface area contributed by atoms with Crippen LogP contribution in [-0.4, -0.2) is 35.2 Å². The van der Waals surface area contributed by atoms with E-state index >= 15 is 0 Å². The first-order valence-corrected chi connectivity index (χ1v) is 9.86. The van der Waals surface area contributed by atoms with E-state index in [1.165, 1.54) is 18.2 Å². The van der Waals surface area contributed by atoms with Crippen molar-refractivity contribution in [3.63, 3.8) is 0 Å². The van der Waals surface area contributed by atoms with Gasteiger partial charge in [0.15, 0.2) is 0 Å². The van der Waals surface area contributed by atoms with E-state index in [-0.39, 0.29) is 23.5 Å². The third-order valence-corrected chi connectivity index (χ3v) is 6.97. The van der Waals surface area contributed by atoms with E-state index in [1.807, 2.05) is 24.3 Å². The SMILES string of the molecule is O=C1[C@@H]2[C@H]3CCCN3[C@]3(C(=O)Nc4ccccc43)[C@H]2C(=O)N1c1cccc(F)c1. The molecule has 1 spiro atoms. The minimum atomic E-state index is -1.18. The molecular weight excluding hydrogens is 373 g/mol. The normalized spacial score (nSPS) is 32.7. The second-order valence-electron chi connectivity index (χ2n) is 8.16. The van der Waals surface area contributed by atoms with Gasteiger partial charge < -0.3 is 5.32 Å². The van der Waals surface area contributed by atoms with Gasteiger partial charge in [-0.25, -0.2) is 9.29 Å². The van der Waals surface area contributed by atoms with Crippen molar-refractivity contribution >= 4 is 29.1 Å².